The number of ether oxygens (including phenoxy) is 1. The van der Waals surface area contributed by atoms with Gasteiger partial charge in [-0.05, 0) is 35.4 Å². The number of hydrogen-bond donors (Lipinski definition) is 1. The summed E-state index contributed by atoms with van der Waals surface area (Å²) < 4.78 is 18.2. The molecule has 0 aliphatic carbocycles. The quantitative estimate of drug-likeness (QED) is 0.923. The van der Waals surface area contributed by atoms with Gasteiger partial charge in [-0.1, -0.05) is 24.3 Å². The third kappa shape index (κ3) is 4.02. The Morgan fingerprint density at radius 1 is 0.889 bits per heavy atom. The van der Waals surface area contributed by atoms with Crippen LogP contribution in [0.5, 0.6) is 5.75 Å². The van der Waals surface area contributed by atoms with Crippen molar-refractivity contribution < 1.29 is 9.13 Å². The smallest absolute Gasteiger partial charge is 0.123 e. The highest BCUT2D eigenvalue weighted by Crippen LogP contribution is 2.14. The van der Waals surface area contributed by atoms with Crippen molar-refractivity contribution in [3.05, 3.63) is 65.5 Å². The molecule has 96 valence electrons. The molecule has 2 aromatic carbocycles. The van der Waals surface area contributed by atoms with Gasteiger partial charge in [0.1, 0.15) is 18.2 Å². The molecule has 0 unspecified atom stereocenters. The summed E-state index contributed by atoms with van der Waals surface area (Å²) in [5.41, 5.74) is 7.51. The van der Waals surface area contributed by atoms with Crippen LogP contribution in [0, 0.1) is 5.82 Å². The normalized spacial score (nSPS) is 9.67. The van der Waals surface area contributed by atoms with E-state index in [1.807, 2.05) is 24.3 Å². The van der Waals surface area contributed by atoms with Gasteiger partial charge in [-0.15, -0.1) is 12.4 Å². The van der Waals surface area contributed by atoms with Gasteiger partial charge >= 0.3 is 0 Å². The highest BCUT2D eigenvalue weighted by molar-refractivity contribution is 5.85. The van der Waals surface area contributed by atoms with Gasteiger partial charge in [0.2, 0.25) is 0 Å². The standard InChI is InChI=1S/C14H14FNO.ClH/c15-13-5-1-12(2-6-13)10-17-14-7-3-11(9-16)4-8-14;/h1-8H,9-10,16H2;1H. The molecular weight excluding hydrogens is 253 g/mol. The lowest BCUT2D eigenvalue weighted by Gasteiger charge is -2.06. The average molecular weight is 268 g/mol. The van der Waals surface area contributed by atoms with Crippen LogP contribution in [-0.4, -0.2) is 0 Å². The summed E-state index contributed by atoms with van der Waals surface area (Å²) in [6, 6.07) is 13.9. The Bertz CT molecular complexity index is 470. The number of rotatable bonds is 4. The Balaban J connectivity index is 0.00000162. The summed E-state index contributed by atoms with van der Waals surface area (Å²) in [6.45, 7) is 0.959. The summed E-state index contributed by atoms with van der Waals surface area (Å²) in [7, 11) is 0. The minimum Gasteiger partial charge on any atom is -0.489 e. The fraction of sp³-hybridized carbons (Fsp3) is 0.143. The van der Waals surface area contributed by atoms with E-state index in [0.717, 1.165) is 16.9 Å². The van der Waals surface area contributed by atoms with Crippen LogP contribution in [0.2, 0.25) is 0 Å². The monoisotopic (exact) mass is 267 g/mol. The van der Waals surface area contributed by atoms with Crippen LogP contribution in [0.15, 0.2) is 48.5 Å². The molecule has 0 atom stereocenters. The van der Waals surface area contributed by atoms with E-state index >= 15 is 0 Å². The highest BCUT2D eigenvalue weighted by Gasteiger charge is 1.97. The molecule has 0 amide bonds. The molecule has 0 aliphatic rings. The maximum absolute atomic E-state index is 12.7. The van der Waals surface area contributed by atoms with Gasteiger partial charge in [0.15, 0.2) is 0 Å². The van der Waals surface area contributed by atoms with Crippen molar-refractivity contribution in [1.82, 2.24) is 0 Å². The number of nitrogens with two attached hydrogens (primary N) is 1. The first-order valence-electron chi connectivity index (χ1n) is 5.44. The van der Waals surface area contributed by atoms with Gasteiger partial charge in [0.05, 0.1) is 0 Å². The van der Waals surface area contributed by atoms with Crippen LogP contribution in [0.4, 0.5) is 4.39 Å². The van der Waals surface area contributed by atoms with Gasteiger partial charge in [0.25, 0.3) is 0 Å². The minimum absolute atomic E-state index is 0. The van der Waals surface area contributed by atoms with Crippen molar-refractivity contribution in [1.29, 1.82) is 0 Å². The van der Waals surface area contributed by atoms with E-state index in [1.165, 1.54) is 12.1 Å². The molecule has 0 bridgehead atoms. The second-order valence-corrected chi connectivity index (χ2v) is 3.76. The van der Waals surface area contributed by atoms with E-state index in [4.69, 9.17) is 10.5 Å². The third-order valence-electron chi connectivity index (χ3n) is 2.48. The highest BCUT2D eigenvalue weighted by atomic mass is 35.5. The van der Waals surface area contributed by atoms with Crippen LogP contribution in [0.1, 0.15) is 11.1 Å². The molecule has 2 aromatic rings. The molecule has 0 spiro atoms. The van der Waals surface area contributed by atoms with Gasteiger partial charge < -0.3 is 10.5 Å². The second kappa shape index (κ2) is 6.99. The Kier molecular flexibility index (Phi) is 5.62. The van der Waals surface area contributed by atoms with Crippen molar-refractivity contribution in [3.63, 3.8) is 0 Å². The lowest BCUT2D eigenvalue weighted by Crippen LogP contribution is -1.97. The molecule has 4 heteroatoms. The summed E-state index contributed by atoms with van der Waals surface area (Å²) in [4.78, 5) is 0. The third-order valence-corrected chi connectivity index (χ3v) is 2.48. The summed E-state index contributed by atoms with van der Waals surface area (Å²) in [6.07, 6.45) is 0. The van der Waals surface area contributed by atoms with Crippen LogP contribution in [0.25, 0.3) is 0 Å². The molecule has 0 saturated heterocycles. The molecular formula is C14H15ClFNO. The SMILES string of the molecule is Cl.NCc1ccc(OCc2ccc(F)cc2)cc1. The number of hydrogen-bond acceptors (Lipinski definition) is 2. The van der Waals surface area contributed by atoms with Crippen LogP contribution >= 0.6 is 12.4 Å². The number of halogens is 2. The Labute approximate surface area is 112 Å². The summed E-state index contributed by atoms with van der Waals surface area (Å²) in [5.74, 6) is 0.549. The van der Waals surface area contributed by atoms with Crippen molar-refractivity contribution in [3.8, 4) is 5.75 Å². The zero-order valence-corrected chi connectivity index (χ0v) is 10.6. The van der Waals surface area contributed by atoms with Gasteiger partial charge in [-0.3, -0.25) is 0 Å². The maximum atomic E-state index is 12.7. The number of benzene rings is 2. The zero-order chi connectivity index (χ0) is 12.1. The first kappa shape index (κ1) is 14.5. The molecule has 18 heavy (non-hydrogen) atoms. The predicted octanol–water partition coefficient (Wildman–Crippen LogP) is 3.29. The fourth-order valence-corrected chi connectivity index (χ4v) is 1.47. The predicted molar refractivity (Wildman–Crippen MR) is 72.3 cm³/mol. The molecule has 0 aromatic heterocycles. The Morgan fingerprint density at radius 3 is 2.00 bits per heavy atom. The Hall–Kier alpha value is -1.58. The first-order valence-corrected chi connectivity index (χ1v) is 5.44. The van der Waals surface area contributed by atoms with Gasteiger partial charge in [0, 0.05) is 6.54 Å². The van der Waals surface area contributed by atoms with Crippen LogP contribution in [-0.2, 0) is 13.2 Å². The Morgan fingerprint density at radius 2 is 1.44 bits per heavy atom. The molecule has 2 rings (SSSR count). The summed E-state index contributed by atoms with van der Waals surface area (Å²) >= 11 is 0. The second-order valence-electron chi connectivity index (χ2n) is 3.76. The van der Waals surface area contributed by atoms with Crippen LogP contribution in [0.3, 0.4) is 0 Å². The largest absolute Gasteiger partial charge is 0.489 e. The first-order chi connectivity index (χ1) is 8.28. The van der Waals surface area contributed by atoms with Crippen LogP contribution < -0.4 is 10.5 Å². The lowest BCUT2D eigenvalue weighted by molar-refractivity contribution is 0.306. The average Bonchev–Trinajstić information content (AvgIpc) is 2.39. The molecule has 2 N–H and O–H groups in total. The molecule has 2 nitrogen and oxygen atoms in total. The van der Waals surface area contributed by atoms with Crippen molar-refractivity contribution in [2.24, 2.45) is 5.73 Å². The minimum atomic E-state index is -0.235. The zero-order valence-electron chi connectivity index (χ0n) is 9.80. The van der Waals surface area contributed by atoms with E-state index in [9.17, 15) is 4.39 Å². The van der Waals surface area contributed by atoms with E-state index in [-0.39, 0.29) is 18.2 Å². The molecule has 0 saturated carbocycles. The molecule has 0 fully saturated rings. The van der Waals surface area contributed by atoms with E-state index < -0.39 is 0 Å². The van der Waals surface area contributed by atoms with Gasteiger partial charge in [-0.2, -0.15) is 0 Å². The van der Waals surface area contributed by atoms with E-state index in [2.05, 4.69) is 0 Å². The maximum Gasteiger partial charge on any atom is 0.123 e. The lowest BCUT2D eigenvalue weighted by atomic mass is 10.2. The van der Waals surface area contributed by atoms with Crippen molar-refractivity contribution in [2.75, 3.05) is 0 Å². The molecule has 0 aliphatic heterocycles. The fourth-order valence-electron chi connectivity index (χ4n) is 1.47. The molecule has 0 radical (unpaired) electrons. The van der Waals surface area contributed by atoms with E-state index in [1.54, 1.807) is 12.1 Å². The molecule has 0 heterocycles. The topological polar surface area (TPSA) is 35.2 Å². The van der Waals surface area contributed by atoms with Gasteiger partial charge in [-0.25, -0.2) is 4.39 Å². The van der Waals surface area contributed by atoms with Crippen molar-refractivity contribution >= 4 is 12.4 Å². The van der Waals surface area contributed by atoms with E-state index in [0.29, 0.717) is 13.2 Å². The van der Waals surface area contributed by atoms with Crippen molar-refractivity contribution in [2.45, 2.75) is 13.2 Å². The summed E-state index contributed by atoms with van der Waals surface area (Å²) in [5, 5.41) is 0.